The van der Waals surface area contributed by atoms with Crippen LogP contribution in [0, 0.1) is 11.3 Å². The van der Waals surface area contributed by atoms with Gasteiger partial charge in [-0.1, -0.05) is 18.2 Å². The summed E-state index contributed by atoms with van der Waals surface area (Å²) in [4.78, 5) is 5.70. The second kappa shape index (κ2) is 5.32. The first kappa shape index (κ1) is 12.6. The normalized spacial score (nSPS) is 10.4. The van der Waals surface area contributed by atoms with Gasteiger partial charge < -0.3 is 5.32 Å². The molecule has 20 heavy (non-hydrogen) atoms. The maximum Gasteiger partial charge on any atom is 0.144 e. The summed E-state index contributed by atoms with van der Waals surface area (Å²) >= 11 is 1.72. The molecule has 0 amide bonds. The number of nitriles is 1. The van der Waals surface area contributed by atoms with Gasteiger partial charge in [-0.15, -0.1) is 11.3 Å². The van der Waals surface area contributed by atoms with Crippen molar-refractivity contribution < 1.29 is 0 Å². The smallest absolute Gasteiger partial charge is 0.144 e. The van der Waals surface area contributed by atoms with Gasteiger partial charge in [-0.05, 0) is 36.6 Å². The molecule has 0 spiro atoms. The zero-order chi connectivity index (χ0) is 13.9. The molecule has 0 saturated carbocycles. The molecule has 0 saturated heterocycles. The third kappa shape index (κ3) is 2.24. The first-order valence-corrected chi connectivity index (χ1v) is 7.27. The molecule has 0 aliphatic rings. The van der Waals surface area contributed by atoms with Gasteiger partial charge in [-0.3, -0.25) is 0 Å². The topological polar surface area (TPSA) is 48.7 Å². The molecule has 0 atom stereocenters. The van der Waals surface area contributed by atoms with E-state index in [1.807, 2.05) is 31.2 Å². The van der Waals surface area contributed by atoms with E-state index in [4.69, 9.17) is 5.26 Å². The number of pyridine rings is 1. The number of fused-ring (bicyclic) bond motifs is 1. The lowest BCUT2D eigenvalue weighted by molar-refractivity contribution is 1.15. The van der Waals surface area contributed by atoms with Crippen LogP contribution in [0.25, 0.3) is 20.7 Å². The Kier molecular flexibility index (Phi) is 3.36. The predicted molar refractivity (Wildman–Crippen MR) is 83.9 cm³/mol. The van der Waals surface area contributed by atoms with Crippen LogP contribution in [0.15, 0.2) is 42.5 Å². The SMILES string of the molecule is CCNc1nc(-c2cc3ccccc3s2)ccc1C#N. The minimum Gasteiger partial charge on any atom is -0.369 e. The fourth-order valence-electron chi connectivity index (χ4n) is 2.10. The number of thiophene rings is 1. The molecule has 1 aromatic carbocycles. The van der Waals surface area contributed by atoms with Crippen molar-refractivity contribution in [2.75, 3.05) is 11.9 Å². The van der Waals surface area contributed by atoms with Gasteiger partial charge in [0.25, 0.3) is 0 Å². The average Bonchev–Trinajstić information content (AvgIpc) is 2.91. The molecule has 0 aliphatic carbocycles. The van der Waals surface area contributed by atoms with Gasteiger partial charge in [0.1, 0.15) is 11.9 Å². The summed E-state index contributed by atoms with van der Waals surface area (Å²) in [5.41, 5.74) is 1.48. The summed E-state index contributed by atoms with van der Waals surface area (Å²) in [5.74, 6) is 0.657. The van der Waals surface area contributed by atoms with Gasteiger partial charge in [0.2, 0.25) is 0 Å². The van der Waals surface area contributed by atoms with Gasteiger partial charge in [-0.25, -0.2) is 4.98 Å². The monoisotopic (exact) mass is 279 g/mol. The standard InChI is InChI=1S/C16H13N3S/c1-2-18-16-12(10-17)7-8-13(19-16)15-9-11-5-3-4-6-14(11)20-15/h3-9H,2H2,1H3,(H,18,19). The van der Waals surface area contributed by atoms with Crippen molar-refractivity contribution in [3.63, 3.8) is 0 Å². The molecule has 0 fully saturated rings. The van der Waals surface area contributed by atoms with Gasteiger partial charge in [0.05, 0.1) is 16.1 Å². The van der Waals surface area contributed by atoms with E-state index in [2.05, 4.69) is 34.6 Å². The highest BCUT2D eigenvalue weighted by Gasteiger charge is 2.09. The van der Waals surface area contributed by atoms with Crippen LogP contribution in [0.5, 0.6) is 0 Å². The van der Waals surface area contributed by atoms with E-state index in [9.17, 15) is 0 Å². The lowest BCUT2D eigenvalue weighted by Crippen LogP contribution is -2.02. The first-order valence-electron chi connectivity index (χ1n) is 6.46. The molecule has 3 nitrogen and oxygen atoms in total. The van der Waals surface area contributed by atoms with Crippen LogP contribution in [0.1, 0.15) is 12.5 Å². The molecule has 1 N–H and O–H groups in total. The van der Waals surface area contributed by atoms with Gasteiger partial charge in [-0.2, -0.15) is 5.26 Å². The third-order valence-electron chi connectivity index (χ3n) is 3.04. The molecule has 0 aliphatic heterocycles. The molecule has 2 aromatic heterocycles. The van der Waals surface area contributed by atoms with Crippen molar-refractivity contribution in [2.45, 2.75) is 6.92 Å². The average molecular weight is 279 g/mol. The number of aromatic nitrogens is 1. The van der Waals surface area contributed by atoms with Crippen LogP contribution in [0.2, 0.25) is 0 Å². The Labute approximate surface area is 121 Å². The summed E-state index contributed by atoms with van der Waals surface area (Å²) in [6, 6.07) is 16.3. The molecule has 4 heteroatoms. The summed E-state index contributed by atoms with van der Waals surface area (Å²) < 4.78 is 1.25. The molecular formula is C16H13N3S. The highest BCUT2D eigenvalue weighted by atomic mass is 32.1. The van der Waals surface area contributed by atoms with Crippen molar-refractivity contribution in [1.29, 1.82) is 5.26 Å². The van der Waals surface area contributed by atoms with Gasteiger partial charge >= 0.3 is 0 Å². The lowest BCUT2D eigenvalue weighted by Gasteiger charge is -2.06. The lowest BCUT2D eigenvalue weighted by atomic mass is 10.2. The third-order valence-corrected chi connectivity index (χ3v) is 4.18. The van der Waals surface area contributed by atoms with Crippen molar-refractivity contribution in [3.8, 4) is 16.6 Å². The summed E-state index contributed by atoms with van der Waals surface area (Å²) in [6.45, 7) is 2.74. The second-order valence-corrected chi connectivity index (χ2v) is 5.47. The van der Waals surface area contributed by atoms with E-state index in [0.29, 0.717) is 11.4 Å². The summed E-state index contributed by atoms with van der Waals surface area (Å²) in [7, 11) is 0. The Balaban J connectivity index is 2.09. The van der Waals surface area contributed by atoms with Crippen LogP contribution in [0.4, 0.5) is 5.82 Å². The van der Waals surface area contributed by atoms with Crippen molar-refractivity contribution in [1.82, 2.24) is 4.98 Å². The van der Waals surface area contributed by atoms with Crippen LogP contribution in [-0.2, 0) is 0 Å². The Bertz CT molecular complexity index is 766. The molecular weight excluding hydrogens is 266 g/mol. The predicted octanol–water partition coefficient (Wildman–Crippen LogP) is 4.27. The minimum absolute atomic E-state index is 0.580. The van der Waals surface area contributed by atoms with Gasteiger partial charge in [0, 0.05) is 11.2 Å². The summed E-state index contributed by atoms with van der Waals surface area (Å²) in [6.07, 6.45) is 0. The summed E-state index contributed by atoms with van der Waals surface area (Å²) in [5, 5.41) is 13.5. The largest absolute Gasteiger partial charge is 0.369 e. The van der Waals surface area contributed by atoms with E-state index in [0.717, 1.165) is 17.1 Å². The first-order chi connectivity index (χ1) is 9.81. The number of hydrogen-bond acceptors (Lipinski definition) is 4. The number of hydrogen-bond donors (Lipinski definition) is 1. The van der Waals surface area contributed by atoms with Crippen molar-refractivity contribution >= 4 is 27.2 Å². The maximum absolute atomic E-state index is 9.09. The zero-order valence-electron chi connectivity index (χ0n) is 11.1. The number of nitrogens with one attached hydrogen (secondary N) is 1. The highest BCUT2D eigenvalue weighted by Crippen LogP contribution is 2.33. The molecule has 0 bridgehead atoms. The van der Waals surface area contributed by atoms with Crippen LogP contribution in [0.3, 0.4) is 0 Å². The molecule has 98 valence electrons. The fraction of sp³-hybridized carbons (Fsp3) is 0.125. The Hall–Kier alpha value is -2.38. The number of benzene rings is 1. The minimum atomic E-state index is 0.580. The van der Waals surface area contributed by atoms with Crippen molar-refractivity contribution in [3.05, 3.63) is 48.0 Å². The van der Waals surface area contributed by atoms with E-state index < -0.39 is 0 Å². The molecule has 2 heterocycles. The molecule has 3 rings (SSSR count). The maximum atomic E-state index is 9.09. The zero-order valence-corrected chi connectivity index (χ0v) is 11.9. The Morgan fingerprint density at radius 2 is 2.10 bits per heavy atom. The van der Waals surface area contributed by atoms with E-state index in [1.165, 1.54) is 10.1 Å². The fourth-order valence-corrected chi connectivity index (χ4v) is 3.13. The molecule has 0 radical (unpaired) electrons. The van der Waals surface area contributed by atoms with Gasteiger partial charge in [0.15, 0.2) is 0 Å². The Morgan fingerprint density at radius 3 is 2.85 bits per heavy atom. The quantitative estimate of drug-likeness (QED) is 0.779. The Morgan fingerprint density at radius 1 is 1.25 bits per heavy atom. The van der Waals surface area contributed by atoms with Crippen molar-refractivity contribution in [2.24, 2.45) is 0 Å². The second-order valence-electron chi connectivity index (χ2n) is 4.38. The van der Waals surface area contributed by atoms with E-state index >= 15 is 0 Å². The molecule has 3 aromatic rings. The molecule has 0 unspecified atom stereocenters. The van der Waals surface area contributed by atoms with E-state index in [1.54, 1.807) is 11.3 Å². The van der Waals surface area contributed by atoms with Crippen LogP contribution >= 0.6 is 11.3 Å². The number of anilines is 1. The number of rotatable bonds is 3. The number of nitrogens with zero attached hydrogens (tertiary/aromatic N) is 2. The van der Waals surface area contributed by atoms with Crippen LogP contribution < -0.4 is 5.32 Å². The van der Waals surface area contributed by atoms with E-state index in [-0.39, 0.29) is 0 Å². The highest BCUT2D eigenvalue weighted by molar-refractivity contribution is 7.22. The van der Waals surface area contributed by atoms with Crippen LogP contribution in [-0.4, -0.2) is 11.5 Å².